The molecule has 5 amide bonds. The number of ether oxygens (including phenoxy) is 4. The number of esters is 1. The van der Waals surface area contributed by atoms with Crippen LogP contribution in [-0.2, 0) is 54.3 Å². The van der Waals surface area contributed by atoms with E-state index in [2.05, 4.69) is 55.5 Å². The molecule has 3 saturated heterocycles. The minimum atomic E-state index is -0.878. The summed E-state index contributed by atoms with van der Waals surface area (Å²) in [7, 11) is 0. The minimum Gasteiger partial charge on any atom is -0.459 e. The van der Waals surface area contributed by atoms with E-state index in [0.717, 1.165) is 30.4 Å². The number of aliphatic hydroxyl groups excluding tert-OH is 1. The van der Waals surface area contributed by atoms with Gasteiger partial charge in [0.15, 0.2) is 0 Å². The zero-order valence-electron chi connectivity index (χ0n) is 36.4. The minimum absolute atomic E-state index is 0.0483. The number of benzene rings is 1. The van der Waals surface area contributed by atoms with Crippen molar-refractivity contribution in [2.45, 2.75) is 141 Å². The fraction of sp³-hybridized carbons (Fsp3) is 0.600. The number of halogens is 1. The van der Waals surface area contributed by atoms with E-state index in [0.29, 0.717) is 44.5 Å². The normalized spacial score (nSPS) is 26.4. The van der Waals surface area contributed by atoms with Crippen LogP contribution in [0.3, 0.4) is 0 Å². The summed E-state index contributed by atoms with van der Waals surface area (Å²) in [4.78, 5) is 72.3. The van der Waals surface area contributed by atoms with Crippen LogP contribution in [0.15, 0.2) is 60.2 Å². The molecule has 0 aliphatic carbocycles. The highest BCUT2D eigenvalue weighted by molar-refractivity contribution is 9.09. The summed E-state index contributed by atoms with van der Waals surface area (Å²) in [6, 6.07) is 6.87. The molecule has 0 aromatic heterocycles. The molecule has 3 aliphatic rings. The van der Waals surface area contributed by atoms with Crippen LogP contribution in [0.5, 0.6) is 0 Å². The smallest absolute Gasteiger partial charge is 0.303 e. The molecule has 62 heavy (non-hydrogen) atoms. The number of carbonyl (C=O) groups excluding carboxylic acids is 6. The lowest BCUT2D eigenvalue weighted by atomic mass is 9.87. The van der Waals surface area contributed by atoms with Gasteiger partial charge in [-0.25, -0.2) is 0 Å². The Labute approximate surface area is 372 Å². The van der Waals surface area contributed by atoms with E-state index < -0.39 is 36.0 Å². The molecule has 17 heteroatoms. The second kappa shape index (κ2) is 25.0. The maximum Gasteiger partial charge on any atom is 0.303 e. The van der Waals surface area contributed by atoms with Crippen molar-refractivity contribution >= 4 is 57.1 Å². The number of epoxide rings is 1. The highest BCUT2D eigenvalue weighted by Crippen LogP contribution is 2.43. The third-order valence-corrected chi connectivity index (χ3v) is 11.5. The first kappa shape index (κ1) is 50.2. The maximum atomic E-state index is 13.0. The van der Waals surface area contributed by atoms with E-state index in [1.54, 1.807) is 31.2 Å². The van der Waals surface area contributed by atoms with Gasteiger partial charge in [0.05, 0.1) is 49.3 Å². The zero-order chi connectivity index (χ0) is 45.2. The van der Waals surface area contributed by atoms with Crippen LogP contribution in [0.25, 0.3) is 0 Å². The number of aliphatic hydroxyl groups is 1. The van der Waals surface area contributed by atoms with Gasteiger partial charge in [0.2, 0.25) is 29.5 Å². The standard InChI is InChI=1S/C45H64BrN5O11/c1-28(10-17-37-29(2)21-36(31(4)61-37)51-40(54)19-12-30(3)60-32(5)52)11-18-38-44(58)45(27-59-45)23-35(62-38)22-41(55)48-25-33-13-15-34(16-14-33)50-43(57)26-49-39(53)9-7-6-8-20-47-42(56)24-46/h10-16,18-19,29-31,35-38,44,58H,6-9,17,20-27H2,1-5H3,(H,47,56)(H,48,55)(H,49,53)(H,50,57)(H,51,54)/b18-11+,19-12-,28-10+/t29-,30-,31+,35+,36+,37?,38?,44+,45+/m0/s1. The highest BCUT2D eigenvalue weighted by Gasteiger charge is 2.58. The summed E-state index contributed by atoms with van der Waals surface area (Å²) in [6.07, 6.45) is 10.4. The van der Waals surface area contributed by atoms with E-state index >= 15 is 0 Å². The molecular weight excluding hydrogens is 866 g/mol. The molecule has 2 unspecified atom stereocenters. The molecule has 1 aromatic carbocycles. The topological polar surface area (TPSA) is 223 Å². The predicted octanol–water partition coefficient (Wildman–Crippen LogP) is 3.81. The van der Waals surface area contributed by atoms with Gasteiger partial charge in [-0.1, -0.05) is 65.2 Å². The Balaban J connectivity index is 1.16. The van der Waals surface area contributed by atoms with Crippen LogP contribution in [0.1, 0.15) is 91.5 Å². The van der Waals surface area contributed by atoms with Gasteiger partial charge in [0, 0.05) is 44.6 Å². The van der Waals surface area contributed by atoms with E-state index in [4.69, 9.17) is 18.9 Å². The van der Waals surface area contributed by atoms with Crippen LogP contribution >= 0.6 is 15.9 Å². The summed E-state index contributed by atoms with van der Waals surface area (Å²) in [5.41, 5.74) is 1.60. The van der Waals surface area contributed by atoms with Crippen molar-refractivity contribution < 1.29 is 52.8 Å². The largest absolute Gasteiger partial charge is 0.459 e. The monoisotopic (exact) mass is 929 g/mol. The van der Waals surface area contributed by atoms with Crippen molar-refractivity contribution in [2.75, 3.05) is 30.3 Å². The fourth-order valence-electron chi connectivity index (χ4n) is 7.41. The Morgan fingerprint density at radius 1 is 0.952 bits per heavy atom. The first-order valence-electron chi connectivity index (χ1n) is 21.4. The number of hydrogen-bond acceptors (Lipinski definition) is 11. The summed E-state index contributed by atoms with van der Waals surface area (Å²) < 4.78 is 23.3. The van der Waals surface area contributed by atoms with Crippen LogP contribution < -0.4 is 26.6 Å². The lowest BCUT2D eigenvalue weighted by Crippen LogP contribution is -2.50. The maximum absolute atomic E-state index is 13.0. The van der Waals surface area contributed by atoms with Crippen molar-refractivity contribution in [2.24, 2.45) is 5.92 Å². The Morgan fingerprint density at radius 2 is 1.69 bits per heavy atom. The number of hydrogen-bond donors (Lipinski definition) is 6. The molecule has 1 spiro atoms. The summed E-state index contributed by atoms with van der Waals surface area (Å²) in [6.45, 7) is 10.1. The van der Waals surface area contributed by atoms with Gasteiger partial charge in [-0.3, -0.25) is 28.8 Å². The SMILES string of the molecule is CC(=O)O[C@@H](C)/C=C\C(=O)N[C@@H]1C[C@H](C)C(C/C=C(C)/C=C/C2O[C@H](CC(=O)NCc3ccc(NC(=O)CNC(=O)CCCCCNC(=O)CBr)cc3)C[C@@]3(CO3)[C@@H]2O)O[C@@H]1C. The number of carbonyl (C=O) groups is 6. The molecule has 0 bridgehead atoms. The molecule has 3 heterocycles. The first-order valence-corrected chi connectivity index (χ1v) is 22.6. The molecule has 3 aliphatic heterocycles. The quantitative estimate of drug-likeness (QED) is 0.0245. The molecule has 6 N–H and O–H groups in total. The molecule has 0 radical (unpaired) electrons. The van der Waals surface area contributed by atoms with Crippen LogP contribution in [0.2, 0.25) is 0 Å². The Kier molecular flexibility index (Phi) is 20.3. The molecule has 1 aromatic rings. The molecule has 4 rings (SSSR count). The molecule has 342 valence electrons. The van der Waals surface area contributed by atoms with Gasteiger partial charge in [-0.15, -0.1) is 0 Å². The molecular formula is C45H64BrN5O11. The first-order chi connectivity index (χ1) is 29.5. The Bertz CT molecular complexity index is 1780. The number of nitrogens with one attached hydrogen (secondary N) is 5. The van der Waals surface area contributed by atoms with E-state index in [9.17, 15) is 33.9 Å². The average Bonchev–Trinajstić information content (AvgIpc) is 4.01. The summed E-state index contributed by atoms with van der Waals surface area (Å²) in [5.74, 6) is -1.36. The van der Waals surface area contributed by atoms with E-state index in [1.807, 2.05) is 26.0 Å². The van der Waals surface area contributed by atoms with Crippen molar-refractivity contribution in [3.63, 3.8) is 0 Å². The molecule has 0 saturated carbocycles. The van der Waals surface area contributed by atoms with Crippen molar-refractivity contribution in [3.05, 3.63) is 65.8 Å². The fourth-order valence-corrected chi connectivity index (χ4v) is 7.61. The number of anilines is 1. The molecule has 9 atom stereocenters. The van der Waals surface area contributed by atoms with E-state index in [1.165, 1.54) is 19.1 Å². The van der Waals surface area contributed by atoms with Gasteiger partial charge in [0.1, 0.15) is 23.9 Å². The van der Waals surface area contributed by atoms with Crippen LogP contribution in [-0.4, -0.2) is 114 Å². The van der Waals surface area contributed by atoms with Gasteiger partial charge >= 0.3 is 5.97 Å². The average molecular weight is 931 g/mol. The number of rotatable bonds is 22. The number of amides is 5. The van der Waals surface area contributed by atoms with Gasteiger partial charge < -0.3 is 50.6 Å². The third kappa shape index (κ3) is 17.4. The number of unbranched alkanes of at least 4 members (excludes halogenated alkanes) is 2. The highest BCUT2D eigenvalue weighted by atomic mass is 79.9. The lowest BCUT2D eigenvalue weighted by Gasteiger charge is -2.39. The van der Waals surface area contributed by atoms with Gasteiger partial charge in [0.25, 0.3) is 0 Å². The zero-order valence-corrected chi connectivity index (χ0v) is 38.0. The van der Waals surface area contributed by atoms with Crippen molar-refractivity contribution in [1.82, 2.24) is 21.3 Å². The van der Waals surface area contributed by atoms with Crippen LogP contribution in [0, 0.1) is 5.92 Å². The van der Waals surface area contributed by atoms with Gasteiger partial charge in [-0.05, 0) is 76.1 Å². The summed E-state index contributed by atoms with van der Waals surface area (Å²) >= 11 is 3.09. The summed E-state index contributed by atoms with van der Waals surface area (Å²) in [5, 5.41) is 25.4. The molecule has 16 nitrogen and oxygen atoms in total. The second-order valence-electron chi connectivity index (χ2n) is 16.4. The lowest BCUT2D eigenvalue weighted by molar-refractivity contribution is -0.145. The van der Waals surface area contributed by atoms with Crippen molar-refractivity contribution in [1.29, 1.82) is 0 Å². The number of alkyl halides is 1. The van der Waals surface area contributed by atoms with Crippen LogP contribution in [0.4, 0.5) is 5.69 Å². The number of allylic oxidation sites excluding steroid dienone is 2. The van der Waals surface area contributed by atoms with Gasteiger partial charge in [-0.2, -0.15) is 0 Å². The predicted molar refractivity (Wildman–Crippen MR) is 236 cm³/mol. The van der Waals surface area contributed by atoms with E-state index in [-0.39, 0.29) is 78.5 Å². The molecule has 3 fully saturated rings. The van der Waals surface area contributed by atoms with Crippen molar-refractivity contribution in [3.8, 4) is 0 Å². The Hall–Kier alpha value is -4.42. The second-order valence-corrected chi connectivity index (χ2v) is 17.0. The Morgan fingerprint density at radius 3 is 2.39 bits per heavy atom. The third-order valence-electron chi connectivity index (χ3n) is 11.0.